The fraction of sp³-hybridized carbons (Fsp3) is 0.176. The van der Waals surface area contributed by atoms with E-state index in [4.69, 9.17) is 14.2 Å². The second kappa shape index (κ2) is 6.11. The molecule has 0 amide bonds. The van der Waals surface area contributed by atoms with Crippen LogP contribution in [-0.2, 0) is 0 Å². The highest BCUT2D eigenvalue weighted by Gasteiger charge is 2.26. The SMILES string of the molecule is COc1c(C(=O)O)cc(-c2cccc3ccnn23)c(OC)c1OC. The average molecular weight is 328 g/mol. The second-order valence-electron chi connectivity index (χ2n) is 4.96. The Bertz CT molecular complexity index is 917. The van der Waals surface area contributed by atoms with Gasteiger partial charge in [0.25, 0.3) is 0 Å². The highest BCUT2D eigenvalue weighted by molar-refractivity contribution is 5.96. The Balaban J connectivity index is 2.41. The van der Waals surface area contributed by atoms with Crippen LogP contribution in [0.2, 0.25) is 0 Å². The van der Waals surface area contributed by atoms with E-state index in [-0.39, 0.29) is 17.1 Å². The van der Waals surface area contributed by atoms with Crippen molar-refractivity contribution in [3.05, 3.63) is 42.1 Å². The molecule has 1 aromatic carbocycles. The first-order chi connectivity index (χ1) is 11.6. The first kappa shape index (κ1) is 15.7. The molecule has 0 unspecified atom stereocenters. The Labute approximate surface area is 138 Å². The zero-order valence-electron chi connectivity index (χ0n) is 13.4. The second-order valence-corrected chi connectivity index (χ2v) is 4.96. The maximum atomic E-state index is 11.6. The molecule has 0 radical (unpaired) electrons. The Kier molecular flexibility index (Phi) is 3.99. The number of nitrogens with zero attached hydrogens (tertiary/aromatic N) is 2. The number of carbonyl (C=O) groups is 1. The molecule has 0 aliphatic heterocycles. The molecule has 3 rings (SSSR count). The van der Waals surface area contributed by atoms with Crippen LogP contribution >= 0.6 is 0 Å². The van der Waals surface area contributed by atoms with Crippen molar-refractivity contribution in [2.45, 2.75) is 0 Å². The molecule has 0 aliphatic rings. The van der Waals surface area contributed by atoms with Gasteiger partial charge in [-0.15, -0.1) is 0 Å². The quantitative estimate of drug-likeness (QED) is 0.775. The van der Waals surface area contributed by atoms with Gasteiger partial charge in [-0.1, -0.05) is 6.07 Å². The lowest BCUT2D eigenvalue weighted by Crippen LogP contribution is -2.06. The summed E-state index contributed by atoms with van der Waals surface area (Å²) in [5.74, 6) is -0.415. The van der Waals surface area contributed by atoms with Crippen molar-refractivity contribution in [2.24, 2.45) is 0 Å². The molecule has 7 nitrogen and oxygen atoms in total. The summed E-state index contributed by atoms with van der Waals surface area (Å²) in [7, 11) is 4.31. The summed E-state index contributed by atoms with van der Waals surface area (Å²) in [4.78, 5) is 11.6. The third kappa shape index (κ3) is 2.30. The van der Waals surface area contributed by atoms with E-state index < -0.39 is 5.97 Å². The topological polar surface area (TPSA) is 82.3 Å². The van der Waals surface area contributed by atoms with Crippen LogP contribution in [0.4, 0.5) is 0 Å². The van der Waals surface area contributed by atoms with Gasteiger partial charge in [-0.2, -0.15) is 5.10 Å². The van der Waals surface area contributed by atoms with E-state index in [9.17, 15) is 9.90 Å². The first-order valence-corrected chi connectivity index (χ1v) is 7.11. The van der Waals surface area contributed by atoms with Crippen LogP contribution in [0.1, 0.15) is 10.4 Å². The number of hydrogen-bond donors (Lipinski definition) is 1. The number of methoxy groups -OCH3 is 3. The van der Waals surface area contributed by atoms with Gasteiger partial charge in [0.1, 0.15) is 5.56 Å². The van der Waals surface area contributed by atoms with Crippen molar-refractivity contribution in [1.29, 1.82) is 0 Å². The molecule has 0 aliphatic carbocycles. The predicted octanol–water partition coefficient (Wildman–Crippen LogP) is 2.73. The number of rotatable bonds is 5. The third-order valence-corrected chi connectivity index (χ3v) is 3.73. The van der Waals surface area contributed by atoms with Crippen LogP contribution in [0.25, 0.3) is 16.8 Å². The Morgan fingerprint density at radius 1 is 1.04 bits per heavy atom. The number of benzene rings is 1. The zero-order chi connectivity index (χ0) is 17.3. The lowest BCUT2D eigenvalue weighted by Gasteiger charge is -2.18. The largest absolute Gasteiger partial charge is 0.492 e. The number of aromatic carboxylic acids is 1. The molecule has 1 N–H and O–H groups in total. The van der Waals surface area contributed by atoms with Crippen molar-refractivity contribution in [1.82, 2.24) is 9.61 Å². The average Bonchev–Trinajstić information content (AvgIpc) is 3.08. The van der Waals surface area contributed by atoms with E-state index in [1.165, 1.54) is 27.4 Å². The molecule has 0 bridgehead atoms. The molecule has 0 spiro atoms. The molecule has 0 atom stereocenters. The van der Waals surface area contributed by atoms with Crippen LogP contribution in [0.15, 0.2) is 36.5 Å². The van der Waals surface area contributed by atoms with Gasteiger partial charge >= 0.3 is 5.97 Å². The van der Waals surface area contributed by atoms with Gasteiger partial charge < -0.3 is 19.3 Å². The van der Waals surface area contributed by atoms with Crippen molar-refractivity contribution in [3.8, 4) is 28.5 Å². The third-order valence-electron chi connectivity index (χ3n) is 3.73. The highest BCUT2D eigenvalue weighted by atomic mass is 16.5. The molecule has 0 fully saturated rings. The Hall–Kier alpha value is -3.22. The fourth-order valence-electron chi connectivity index (χ4n) is 2.72. The lowest BCUT2D eigenvalue weighted by atomic mass is 10.0. The minimum Gasteiger partial charge on any atom is -0.492 e. The van der Waals surface area contributed by atoms with E-state index >= 15 is 0 Å². The molecule has 2 heterocycles. The molecular weight excluding hydrogens is 312 g/mol. The Morgan fingerprint density at radius 3 is 2.38 bits per heavy atom. The van der Waals surface area contributed by atoms with Crippen molar-refractivity contribution in [3.63, 3.8) is 0 Å². The van der Waals surface area contributed by atoms with E-state index in [0.717, 1.165) is 5.52 Å². The van der Waals surface area contributed by atoms with E-state index in [1.807, 2.05) is 24.3 Å². The number of aromatic nitrogens is 2. The fourth-order valence-corrected chi connectivity index (χ4v) is 2.72. The summed E-state index contributed by atoms with van der Waals surface area (Å²) in [6, 6.07) is 8.95. The van der Waals surface area contributed by atoms with E-state index in [1.54, 1.807) is 10.7 Å². The standard InChI is InChI=1S/C17H16N2O5/c1-22-14-11(13-6-4-5-10-7-8-18-19(10)13)9-12(17(20)21)15(23-2)16(14)24-3/h4-9H,1-3H3,(H,20,21). The monoisotopic (exact) mass is 328 g/mol. The summed E-state index contributed by atoms with van der Waals surface area (Å²) >= 11 is 0. The van der Waals surface area contributed by atoms with Crippen molar-refractivity contribution < 1.29 is 24.1 Å². The molecule has 24 heavy (non-hydrogen) atoms. The smallest absolute Gasteiger partial charge is 0.339 e. The number of carboxylic acids is 1. The van der Waals surface area contributed by atoms with E-state index in [0.29, 0.717) is 17.0 Å². The van der Waals surface area contributed by atoms with Crippen LogP contribution in [-0.4, -0.2) is 42.0 Å². The summed E-state index contributed by atoms with van der Waals surface area (Å²) in [5, 5.41) is 13.8. The normalized spacial score (nSPS) is 10.6. The first-order valence-electron chi connectivity index (χ1n) is 7.11. The van der Waals surface area contributed by atoms with Crippen molar-refractivity contribution >= 4 is 11.5 Å². The molecule has 7 heteroatoms. The van der Waals surface area contributed by atoms with Gasteiger partial charge in [-0.05, 0) is 24.3 Å². The zero-order valence-corrected chi connectivity index (χ0v) is 13.4. The minimum absolute atomic E-state index is 0.0192. The molecular formula is C17H16N2O5. The van der Waals surface area contributed by atoms with Gasteiger partial charge in [0.2, 0.25) is 5.75 Å². The number of ether oxygens (including phenoxy) is 3. The minimum atomic E-state index is -1.12. The van der Waals surface area contributed by atoms with Crippen LogP contribution in [0.5, 0.6) is 17.2 Å². The van der Waals surface area contributed by atoms with Crippen LogP contribution in [0, 0.1) is 0 Å². The van der Waals surface area contributed by atoms with Gasteiger partial charge in [0, 0.05) is 5.56 Å². The summed E-state index contributed by atoms with van der Waals surface area (Å²) in [5.41, 5.74) is 2.08. The molecule has 2 aromatic heterocycles. The highest BCUT2D eigenvalue weighted by Crippen LogP contribution is 2.46. The molecule has 124 valence electrons. The maximum absolute atomic E-state index is 11.6. The Morgan fingerprint density at radius 2 is 1.75 bits per heavy atom. The summed E-state index contributed by atoms with van der Waals surface area (Å²) in [6.07, 6.45) is 1.67. The molecule has 3 aromatic rings. The van der Waals surface area contributed by atoms with Gasteiger partial charge in [-0.3, -0.25) is 0 Å². The maximum Gasteiger partial charge on any atom is 0.339 e. The van der Waals surface area contributed by atoms with E-state index in [2.05, 4.69) is 5.10 Å². The van der Waals surface area contributed by atoms with Gasteiger partial charge in [-0.25, -0.2) is 9.31 Å². The number of hydrogen-bond acceptors (Lipinski definition) is 5. The number of carboxylic acid groups (broad SMARTS) is 1. The predicted molar refractivity (Wildman–Crippen MR) is 87.2 cm³/mol. The van der Waals surface area contributed by atoms with Crippen molar-refractivity contribution in [2.75, 3.05) is 21.3 Å². The molecule has 0 saturated carbocycles. The van der Waals surface area contributed by atoms with Crippen LogP contribution in [0.3, 0.4) is 0 Å². The number of fused-ring (bicyclic) bond motifs is 1. The number of pyridine rings is 1. The summed E-state index contributed by atoms with van der Waals surface area (Å²) in [6.45, 7) is 0. The van der Waals surface area contributed by atoms with Gasteiger partial charge in [0.15, 0.2) is 11.5 Å². The lowest BCUT2D eigenvalue weighted by molar-refractivity contribution is 0.0692. The molecule has 0 saturated heterocycles. The summed E-state index contributed by atoms with van der Waals surface area (Å²) < 4.78 is 17.8. The van der Waals surface area contributed by atoms with Crippen LogP contribution < -0.4 is 14.2 Å². The van der Waals surface area contributed by atoms with Gasteiger partial charge in [0.05, 0.1) is 38.7 Å².